The van der Waals surface area contributed by atoms with Gasteiger partial charge in [0, 0.05) is 55.5 Å². The highest BCUT2D eigenvalue weighted by atomic mass is 79.9. The second kappa shape index (κ2) is 8.99. The maximum atomic E-state index is 12.1. The smallest absolute Gasteiger partial charge is 0.238 e. The van der Waals surface area contributed by atoms with Gasteiger partial charge in [0.05, 0.1) is 4.90 Å². The molecular formula is C18H22BrN5O3S. The van der Waals surface area contributed by atoms with Crippen LogP contribution in [0.2, 0.25) is 0 Å². The topological polar surface area (TPSA) is 109 Å². The predicted molar refractivity (Wildman–Crippen MR) is 112 cm³/mol. The highest BCUT2D eigenvalue weighted by molar-refractivity contribution is 9.10. The third-order valence-corrected chi connectivity index (χ3v) is 5.93. The van der Waals surface area contributed by atoms with Crippen molar-refractivity contribution in [3.63, 3.8) is 0 Å². The fourth-order valence-electron chi connectivity index (χ4n) is 2.97. The maximum absolute atomic E-state index is 12.1. The Bertz CT molecular complexity index is 911. The summed E-state index contributed by atoms with van der Waals surface area (Å²) in [5.41, 5.74) is 0.545. The molecule has 28 heavy (non-hydrogen) atoms. The first-order chi connectivity index (χ1) is 13.3. The number of hydrogen-bond donors (Lipinski definition) is 2. The number of rotatable bonds is 6. The second-order valence-corrected chi connectivity index (χ2v) is 9.01. The monoisotopic (exact) mass is 467 g/mol. The van der Waals surface area contributed by atoms with E-state index in [4.69, 9.17) is 5.14 Å². The highest BCUT2D eigenvalue weighted by Gasteiger charge is 2.18. The van der Waals surface area contributed by atoms with Gasteiger partial charge in [0.1, 0.15) is 5.82 Å². The third-order valence-electron chi connectivity index (χ3n) is 4.53. The summed E-state index contributed by atoms with van der Waals surface area (Å²) in [5, 5.41) is 7.84. The number of hydrogen-bond acceptors (Lipinski definition) is 6. The van der Waals surface area contributed by atoms with Gasteiger partial charge in [0.2, 0.25) is 15.9 Å². The van der Waals surface area contributed by atoms with E-state index in [9.17, 15) is 13.2 Å². The van der Waals surface area contributed by atoms with Gasteiger partial charge < -0.3 is 10.2 Å². The molecular weight excluding hydrogens is 446 g/mol. The number of nitrogens with two attached hydrogens (primary N) is 1. The zero-order chi connectivity index (χ0) is 20.1. The Labute approximate surface area is 172 Å². The van der Waals surface area contributed by atoms with Crippen LogP contribution in [-0.2, 0) is 14.8 Å². The largest absolute Gasteiger partial charge is 0.354 e. The Hall–Kier alpha value is -2.01. The number of pyridine rings is 1. The average molecular weight is 468 g/mol. The van der Waals surface area contributed by atoms with E-state index in [2.05, 4.69) is 36.0 Å². The average Bonchev–Trinajstić information content (AvgIpc) is 2.67. The number of nitrogens with zero attached hydrogens (tertiary/aromatic N) is 3. The molecule has 0 aliphatic carbocycles. The molecule has 8 nitrogen and oxygen atoms in total. The molecule has 0 saturated carbocycles. The number of aromatic nitrogens is 1. The zero-order valence-electron chi connectivity index (χ0n) is 15.2. The molecule has 1 aromatic carbocycles. The SMILES string of the molecule is NS(=O)(=O)c1ccc(NC(=O)CCN2CCN(c3ccc(Br)cn3)CC2)cc1. The van der Waals surface area contributed by atoms with Gasteiger partial charge in [-0.2, -0.15) is 0 Å². The first-order valence-electron chi connectivity index (χ1n) is 8.83. The van der Waals surface area contributed by atoms with Crippen molar-refractivity contribution in [3.8, 4) is 0 Å². The van der Waals surface area contributed by atoms with Crippen molar-refractivity contribution in [2.75, 3.05) is 42.9 Å². The summed E-state index contributed by atoms with van der Waals surface area (Å²) in [7, 11) is -3.73. The van der Waals surface area contributed by atoms with Crippen LogP contribution in [-0.4, -0.2) is 56.9 Å². The standard InChI is InChI=1S/C18H22BrN5O3S/c19-14-1-6-17(21-13-14)24-11-9-23(10-12-24)8-7-18(25)22-15-2-4-16(5-3-15)28(20,26)27/h1-6,13H,7-12H2,(H,22,25)(H2,20,26,27). The molecule has 0 unspecified atom stereocenters. The molecule has 0 radical (unpaired) electrons. The lowest BCUT2D eigenvalue weighted by atomic mass is 10.2. The van der Waals surface area contributed by atoms with Crippen molar-refractivity contribution in [1.29, 1.82) is 0 Å². The maximum Gasteiger partial charge on any atom is 0.238 e. The predicted octanol–water partition coefficient (Wildman–Crippen LogP) is 1.64. The van der Waals surface area contributed by atoms with E-state index in [0.29, 0.717) is 18.7 Å². The van der Waals surface area contributed by atoms with Crippen LogP contribution in [0.15, 0.2) is 52.0 Å². The van der Waals surface area contributed by atoms with Crippen LogP contribution >= 0.6 is 15.9 Å². The molecule has 1 aromatic heterocycles. The number of nitrogens with one attached hydrogen (secondary N) is 1. The summed E-state index contributed by atoms with van der Waals surface area (Å²) in [6, 6.07) is 9.78. The number of carbonyl (C=O) groups is 1. The number of sulfonamides is 1. The van der Waals surface area contributed by atoms with Gasteiger partial charge in [-0.05, 0) is 52.3 Å². The fourth-order valence-corrected chi connectivity index (χ4v) is 3.72. The van der Waals surface area contributed by atoms with Gasteiger partial charge in [-0.25, -0.2) is 18.5 Å². The number of halogens is 1. The molecule has 1 aliphatic rings. The lowest BCUT2D eigenvalue weighted by Crippen LogP contribution is -2.47. The molecule has 150 valence electrons. The molecule has 1 fully saturated rings. The van der Waals surface area contributed by atoms with Gasteiger partial charge >= 0.3 is 0 Å². The lowest BCUT2D eigenvalue weighted by molar-refractivity contribution is -0.116. The first-order valence-corrected chi connectivity index (χ1v) is 11.2. The summed E-state index contributed by atoms with van der Waals surface area (Å²) in [4.78, 5) is 21.1. The Balaban J connectivity index is 1.42. The minimum Gasteiger partial charge on any atom is -0.354 e. The van der Waals surface area contributed by atoms with Crippen LogP contribution in [0.4, 0.5) is 11.5 Å². The number of amides is 1. The number of primary sulfonamides is 1. The molecule has 1 saturated heterocycles. The van der Waals surface area contributed by atoms with Crippen molar-refractivity contribution in [2.24, 2.45) is 5.14 Å². The van der Waals surface area contributed by atoms with E-state index in [1.54, 1.807) is 6.20 Å². The van der Waals surface area contributed by atoms with E-state index in [0.717, 1.165) is 36.5 Å². The molecule has 0 spiro atoms. The van der Waals surface area contributed by atoms with Crippen molar-refractivity contribution in [2.45, 2.75) is 11.3 Å². The number of anilines is 2. The van der Waals surface area contributed by atoms with E-state index in [-0.39, 0.29) is 10.8 Å². The second-order valence-electron chi connectivity index (χ2n) is 6.53. The Morgan fingerprint density at radius 2 is 1.79 bits per heavy atom. The van der Waals surface area contributed by atoms with Gasteiger partial charge in [-0.1, -0.05) is 0 Å². The summed E-state index contributed by atoms with van der Waals surface area (Å²) < 4.78 is 23.5. The molecule has 3 N–H and O–H groups in total. The molecule has 1 aliphatic heterocycles. The Kier molecular flexibility index (Phi) is 6.65. The minimum atomic E-state index is -3.73. The molecule has 2 aromatic rings. The molecule has 1 amide bonds. The van der Waals surface area contributed by atoms with Gasteiger partial charge in [-0.3, -0.25) is 9.69 Å². The minimum absolute atomic E-state index is 0.0173. The van der Waals surface area contributed by atoms with Crippen LogP contribution in [0.5, 0.6) is 0 Å². The number of piperazine rings is 1. The van der Waals surface area contributed by atoms with Crippen LogP contribution in [0.25, 0.3) is 0 Å². The van der Waals surface area contributed by atoms with E-state index < -0.39 is 10.0 Å². The first kappa shape index (κ1) is 20.7. The molecule has 3 rings (SSSR count). The van der Waals surface area contributed by atoms with E-state index in [1.165, 1.54) is 24.3 Å². The Morgan fingerprint density at radius 1 is 1.11 bits per heavy atom. The van der Waals surface area contributed by atoms with Crippen LogP contribution in [0, 0.1) is 0 Å². The van der Waals surface area contributed by atoms with Gasteiger partial charge in [0.15, 0.2) is 0 Å². The van der Waals surface area contributed by atoms with Crippen molar-refractivity contribution in [3.05, 3.63) is 47.1 Å². The summed E-state index contributed by atoms with van der Waals surface area (Å²) in [6.07, 6.45) is 2.16. The molecule has 2 heterocycles. The van der Waals surface area contributed by atoms with Crippen molar-refractivity contribution < 1.29 is 13.2 Å². The van der Waals surface area contributed by atoms with E-state index >= 15 is 0 Å². The summed E-state index contributed by atoms with van der Waals surface area (Å²) >= 11 is 3.39. The van der Waals surface area contributed by atoms with Crippen LogP contribution in [0.1, 0.15) is 6.42 Å². The zero-order valence-corrected chi connectivity index (χ0v) is 17.6. The molecule has 0 atom stereocenters. The van der Waals surface area contributed by atoms with Crippen LogP contribution < -0.4 is 15.4 Å². The highest BCUT2D eigenvalue weighted by Crippen LogP contribution is 2.17. The van der Waals surface area contributed by atoms with E-state index in [1.807, 2.05) is 12.1 Å². The molecule has 10 heteroatoms. The van der Waals surface area contributed by atoms with Crippen molar-refractivity contribution in [1.82, 2.24) is 9.88 Å². The van der Waals surface area contributed by atoms with Gasteiger partial charge in [-0.15, -0.1) is 0 Å². The quantitative estimate of drug-likeness (QED) is 0.668. The van der Waals surface area contributed by atoms with Crippen LogP contribution in [0.3, 0.4) is 0 Å². The lowest BCUT2D eigenvalue weighted by Gasteiger charge is -2.35. The summed E-state index contributed by atoms with van der Waals surface area (Å²) in [5.74, 6) is 0.851. The molecule has 0 bridgehead atoms. The number of carbonyl (C=O) groups excluding carboxylic acids is 1. The van der Waals surface area contributed by atoms with Crippen molar-refractivity contribution >= 4 is 43.4 Å². The Morgan fingerprint density at radius 3 is 2.36 bits per heavy atom. The van der Waals surface area contributed by atoms with Gasteiger partial charge in [0.25, 0.3) is 0 Å². The number of benzene rings is 1. The fraction of sp³-hybridized carbons (Fsp3) is 0.333. The third kappa shape index (κ3) is 5.74. The summed E-state index contributed by atoms with van der Waals surface area (Å²) in [6.45, 7) is 4.14. The normalized spacial score (nSPS) is 15.4.